The van der Waals surface area contributed by atoms with Gasteiger partial charge < -0.3 is 5.11 Å². The lowest BCUT2D eigenvalue weighted by Crippen LogP contribution is -2.47. The van der Waals surface area contributed by atoms with Gasteiger partial charge in [0.15, 0.2) is 9.99 Å². The van der Waals surface area contributed by atoms with Crippen LogP contribution in [0.4, 0.5) is 0 Å². The van der Waals surface area contributed by atoms with Crippen LogP contribution in [0.15, 0.2) is 0 Å². The molecule has 1 atom stereocenters. The van der Waals surface area contributed by atoms with Crippen LogP contribution in [0.1, 0.15) is 26.7 Å². The first-order valence-corrected chi connectivity index (χ1v) is 7.29. The summed E-state index contributed by atoms with van der Waals surface area (Å²) >= 11 is 0. The fraction of sp³-hybridized carbons (Fsp3) is 0.700. The number of carbonyl (C=O) groups excluding carboxylic acids is 2. The lowest BCUT2D eigenvalue weighted by Gasteiger charge is -2.29. The SMILES string of the molecule is CC(=O)[C@H](CCC(=O)O)N(C)C1(C(C)=O)SS1. The molecule has 0 aromatic rings. The van der Waals surface area contributed by atoms with Crippen molar-refractivity contribution in [3.05, 3.63) is 0 Å². The van der Waals surface area contributed by atoms with Crippen molar-refractivity contribution >= 4 is 39.1 Å². The summed E-state index contributed by atoms with van der Waals surface area (Å²) in [6.45, 7) is 2.91. The van der Waals surface area contributed by atoms with Gasteiger partial charge >= 0.3 is 5.97 Å². The van der Waals surface area contributed by atoms with Crippen LogP contribution < -0.4 is 0 Å². The molecule has 0 aliphatic carbocycles. The van der Waals surface area contributed by atoms with E-state index in [1.807, 2.05) is 0 Å². The van der Waals surface area contributed by atoms with E-state index >= 15 is 0 Å². The molecule has 1 N–H and O–H groups in total. The third kappa shape index (κ3) is 3.23. The van der Waals surface area contributed by atoms with Crippen LogP contribution >= 0.6 is 21.6 Å². The summed E-state index contributed by atoms with van der Waals surface area (Å²) in [4.78, 5) is 35.3. The molecule has 96 valence electrons. The van der Waals surface area contributed by atoms with Crippen LogP contribution in [-0.4, -0.2) is 44.8 Å². The van der Waals surface area contributed by atoms with Crippen LogP contribution in [0.25, 0.3) is 0 Å². The van der Waals surface area contributed by atoms with Gasteiger partial charge in [-0.25, -0.2) is 0 Å². The van der Waals surface area contributed by atoms with Crippen molar-refractivity contribution in [3.8, 4) is 0 Å². The molecule has 0 aromatic carbocycles. The van der Waals surface area contributed by atoms with E-state index < -0.39 is 16.2 Å². The van der Waals surface area contributed by atoms with Crippen LogP contribution in [0.5, 0.6) is 0 Å². The monoisotopic (exact) mass is 277 g/mol. The Morgan fingerprint density at radius 3 is 2.12 bits per heavy atom. The summed E-state index contributed by atoms with van der Waals surface area (Å²) in [5.74, 6) is -1.06. The highest BCUT2D eigenvalue weighted by molar-refractivity contribution is 8.94. The molecule has 5 nitrogen and oxygen atoms in total. The van der Waals surface area contributed by atoms with E-state index in [0.29, 0.717) is 0 Å². The summed E-state index contributed by atoms with van der Waals surface area (Å²) in [6, 6.07) is -0.516. The standard InChI is InChI=1S/C10H15NO4S2/c1-6(12)8(4-5-9(14)15)11(3)10(7(2)13)16-17-10/h8H,4-5H2,1-3H3,(H,14,15)/t8-/m0/s1. The van der Waals surface area contributed by atoms with Gasteiger partial charge in [0.25, 0.3) is 0 Å². The molecule has 1 rings (SSSR count). The number of ketones is 2. The molecule has 1 heterocycles. The molecule has 1 aliphatic heterocycles. The Balaban J connectivity index is 2.74. The van der Waals surface area contributed by atoms with Gasteiger partial charge in [0, 0.05) is 6.42 Å². The van der Waals surface area contributed by atoms with Crippen molar-refractivity contribution in [1.82, 2.24) is 4.90 Å². The van der Waals surface area contributed by atoms with Crippen LogP contribution in [-0.2, 0) is 14.4 Å². The summed E-state index contributed by atoms with van der Waals surface area (Å²) in [7, 11) is 4.51. The second-order valence-electron chi connectivity index (χ2n) is 3.97. The Hall–Kier alpha value is -0.530. The number of hydrogen-bond donors (Lipinski definition) is 1. The minimum Gasteiger partial charge on any atom is -0.481 e. The third-order valence-corrected chi connectivity index (χ3v) is 5.80. The molecule has 0 bridgehead atoms. The van der Waals surface area contributed by atoms with Gasteiger partial charge in [-0.05, 0) is 48.9 Å². The first kappa shape index (κ1) is 14.5. The summed E-state index contributed by atoms with van der Waals surface area (Å²) in [5.41, 5.74) is 0. The molecule has 0 spiro atoms. The minimum absolute atomic E-state index is 0.0171. The maximum Gasteiger partial charge on any atom is 0.303 e. The van der Waals surface area contributed by atoms with Crippen molar-refractivity contribution in [2.24, 2.45) is 0 Å². The number of hydrogen-bond acceptors (Lipinski definition) is 6. The number of likely N-dealkylation sites (N-methyl/N-ethyl adjacent to an activating group) is 1. The smallest absolute Gasteiger partial charge is 0.303 e. The topological polar surface area (TPSA) is 74.7 Å². The Morgan fingerprint density at radius 1 is 1.29 bits per heavy atom. The predicted molar refractivity (Wildman–Crippen MR) is 67.7 cm³/mol. The van der Waals surface area contributed by atoms with E-state index in [1.165, 1.54) is 35.4 Å². The Labute approximate surface area is 108 Å². The van der Waals surface area contributed by atoms with E-state index in [4.69, 9.17) is 5.11 Å². The average molecular weight is 277 g/mol. The third-order valence-electron chi connectivity index (χ3n) is 2.72. The number of aliphatic carboxylic acids is 1. The van der Waals surface area contributed by atoms with E-state index in [9.17, 15) is 14.4 Å². The quantitative estimate of drug-likeness (QED) is 0.556. The molecule has 7 heteroatoms. The molecule has 0 saturated carbocycles. The van der Waals surface area contributed by atoms with E-state index in [0.717, 1.165) is 0 Å². The number of Topliss-reactive ketones (excluding diaryl/α,β-unsaturated/α-hetero) is 2. The number of carbonyl (C=O) groups is 3. The highest BCUT2D eigenvalue weighted by Gasteiger charge is 2.56. The number of rotatable bonds is 7. The summed E-state index contributed by atoms with van der Waals surface area (Å²) < 4.78 is -0.686. The number of carboxylic acids is 1. The van der Waals surface area contributed by atoms with E-state index in [2.05, 4.69) is 0 Å². The molecule has 0 amide bonds. The summed E-state index contributed by atoms with van der Waals surface area (Å²) in [5, 5.41) is 8.65. The van der Waals surface area contributed by atoms with Crippen molar-refractivity contribution in [2.75, 3.05) is 7.05 Å². The Kier molecular flexibility index (Phi) is 4.62. The Morgan fingerprint density at radius 2 is 1.82 bits per heavy atom. The molecule has 0 radical (unpaired) electrons. The molecule has 0 aromatic heterocycles. The average Bonchev–Trinajstić information content (AvgIpc) is 2.96. The normalized spacial score (nSPS) is 18.8. The maximum absolute atomic E-state index is 11.5. The van der Waals surface area contributed by atoms with Crippen LogP contribution in [0.3, 0.4) is 0 Å². The van der Waals surface area contributed by atoms with Crippen molar-refractivity contribution in [3.63, 3.8) is 0 Å². The second-order valence-corrected chi connectivity index (χ2v) is 6.75. The van der Waals surface area contributed by atoms with Gasteiger partial charge in [0.05, 0.1) is 6.04 Å². The highest BCUT2D eigenvalue weighted by Crippen LogP contribution is 2.67. The van der Waals surface area contributed by atoms with Gasteiger partial charge in [-0.2, -0.15) is 0 Å². The zero-order valence-corrected chi connectivity index (χ0v) is 11.6. The van der Waals surface area contributed by atoms with Gasteiger partial charge in [0.2, 0.25) is 0 Å². The van der Waals surface area contributed by atoms with Crippen LogP contribution in [0.2, 0.25) is 0 Å². The summed E-state index contributed by atoms with van der Waals surface area (Å²) in [6.07, 6.45) is 0.162. The first-order chi connectivity index (χ1) is 7.81. The fourth-order valence-electron chi connectivity index (χ4n) is 1.66. The largest absolute Gasteiger partial charge is 0.481 e. The second kappa shape index (κ2) is 5.41. The predicted octanol–water partition coefficient (Wildman–Crippen LogP) is 1.38. The van der Waals surface area contributed by atoms with E-state index in [1.54, 1.807) is 11.9 Å². The molecular formula is C10H15NO4S2. The lowest BCUT2D eigenvalue weighted by atomic mass is 10.1. The maximum atomic E-state index is 11.5. The van der Waals surface area contributed by atoms with E-state index in [-0.39, 0.29) is 24.4 Å². The van der Waals surface area contributed by atoms with Crippen molar-refractivity contribution in [2.45, 2.75) is 36.9 Å². The van der Waals surface area contributed by atoms with Crippen molar-refractivity contribution in [1.29, 1.82) is 0 Å². The molecule has 1 saturated heterocycles. The molecule has 1 aliphatic rings. The zero-order valence-electron chi connectivity index (χ0n) is 9.93. The van der Waals surface area contributed by atoms with Gasteiger partial charge in [-0.15, -0.1) is 0 Å². The van der Waals surface area contributed by atoms with Gasteiger partial charge in [-0.1, -0.05) is 0 Å². The number of carboxylic acid groups (broad SMARTS) is 1. The van der Waals surface area contributed by atoms with Crippen molar-refractivity contribution < 1.29 is 19.5 Å². The highest BCUT2D eigenvalue weighted by atomic mass is 33.2. The van der Waals surface area contributed by atoms with Gasteiger partial charge in [0.1, 0.15) is 5.78 Å². The minimum atomic E-state index is -0.933. The fourth-order valence-corrected chi connectivity index (χ4v) is 4.11. The molecule has 1 fully saturated rings. The zero-order chi connectivity index (χ0) is 13.2. The molecular weight excluding hydrogens is 262 g/mol. The van der Waals surface area contributed by atoms with Crippen LogP contribution in [0, 0.1) is 0 Å². The first-order valence-electron chi connectivity index (χ1n) is 5.14. The number of nitrogens with zero attached hydrogens (tertiary/aromatic N) is 1. The Bertz CT molecular complexity index is 354. The lowest BCUT2D eigenvalue weighted by molar-refractivity contribution is -0.137. The molecule has 17 heavy (non-hydrogen) atoms. The van der Waals surface area contributed by atoms with Gasteiger partial charge in [-0.3, -0.25) is 19.3 Å². The molecule has 0 unspecified atom stereocenters.